The summed E-state index contributed by atoms with van der Waals surface area (Å²) in [5, 5.41) is 5.56. The number of nitrogens with zero attached hydrogens (tertiary/aromatic N) is 2. The van der Waals surface area contributed by atoms with Crippen LogP contribution < -0.4 is 10.6 Å². The molecule has 1 aromatic carbocycles. The minimum Gasteiger partial charge on any atom is -0.338 e. The fourth-order valence-corrected chi connectivity index (χ4v) is 4.01. The summed E-state index contributed by atoms with van der Waals surface area (Å²) >= 11 is 0. The molecule has 1 atom stereocenters. The van der Waals surface area contributed by atoms with Gasteiger partial charge in [-0.15, -0.1) is 0 Å². The first-order valence-corrected chi connectivity index (χ1v) is 10.2. The Hall–Kier alpha value is -2.08. The van der Waals surface area contributed by atoms with Crippen LogP contribution in [-0.4, -0.2) is 60.5 Å². The maximum Gasteiger partial charge on any atom is 0.315 e. The lowest BCUT2D eigenvalue weighted by molar-refractivity contribution is -0.130. The van der Waals surface area contributed by atoms with Crippen LogP contribution in [0, 0.1) is 0 Å². The minimum absolute atomic E-state index is 0.0261. The molecule has 1 saturated heterocycles. The van der Waals surface area contributed by atoms with E-state index in [2.05, 4.69) is 34.6 Å². The number of carbonyl (C=O) groups excluding carboxylic acids is 2. The van der Waals surface area contributed by atoms with Gasteiger partial charge in [-0.3, -0.25) is 4.79 Å². The number of amides is 3. The van der Waals surface area contributed by atoms with Gasteiger partial charge in [0.05, 0.1) is 6.54 Å². The lowest BCUT2D eigenvalue weighted by Crippen LogP contribution is -2.45. The quantitative estimate of drug-likeness (QED) is 0.752. The van der Waals surface area contributed by atoms with Gasteiger partial charge in [-0.25, -0.2) is 4.79 Å². The van der Waals surface area contributed by atoms with E-state index in [0.717, 1.165) is 19.4 Å². The molecule has 0 aromatic heterocycles. The van der Waals surface area contributed by atoms with Crippen LogP contribution in [0.1, 0.15) is 43.7 Å². The molecule has 0 radical (unpaired) electrons. The Labute approximate surface area is 162 Å². The second kappa shape index (κ2) is 9.74. The number of fused-ring (bicyclic) bond motifs is 1. The lowest BCUT2D eigenvalue weighted by Gasteiger charge is -2.33. The van der Waals surface area contributed by atoms with Gasteiger partial charge >= 0.3 is 6.03 Å². The fourth-order valence-electron chi connectivity index (χ4n) is 4.01. The Morgan fingerprint density at radius 1 is 1.11 bits per heavy atom. The molecule has 2 N–H and O–H groups in total. The Morgan fingerprint density at radius 2 is 1.93 bits per heavy atom. The number of urea groups is 1. The third-order valence-electron chi connectivity index (χ3n) is 5.73. The first-order chi connectivity index (χ1) is 13.1. The van der Waals surface area contributed by atoms with Crippen LogP contribution in [-0.2, 0) is 17.8 Å². The van der Waals surface area contributed by atoms with Crippen LogP contribution in [0.15, 0.2) is 24.3 Å². The summed E-state index contributed by atoms with van der Waals surface area (Å²) < 4.78 is 0. The van der Waals surface area contributed by atoms with Crippen LogP contribution in [0.2, 0.25) is 0 Å². The number of carbonyl (C=O) groups is 2. The summed E-state index contributed by atoms with van der Waals surface area (Å²) in [5.41, 5.74) is 2.52. The van der Waals surface area contributed by atoms with Crippen molar-refractivity contribution in [2.24, 2.45) is 0 Å². The van der Waals surface area contributed by atoms with Crippen LogP contribution >= 0.6 is 0 Å². The maximum atomic E-state index is 12.4. The lowest BCUT2D eigenvalue weighted by atomic mass is 10.00. The highest BCUT2D eigenvalue weighted by molar-refractivity contribution is 5.84. The van der Waals surface area contributed by atoms with E-state index in [-0.39, 0.29) is 18.5 Å². The van der Waals surface area contributed by atoms with Gasteiger partial charge in [-0.1, -0.05) is 30.7 Å². The zero-order chi connectivity index (χ0) is 19.1. The zero-order valence-corrected chi connectivity index (χ0v) is 16.4. The molecular weight excluding hydrogens is 340 g/mol. The molecule has 3 rings (SSSR count). The molecule has 2 heterocycles. The smallest absolute Gasteiger partial charge is 0.315 e. The molecule has 148 valence electrons. The molecule has 2 aliphatic heterocycles. The summed E-state index contributed by atoms with van der Waals surface area (Å²) in [7, 11) is 0. The van der Waals surface area contributed by atoms with Crippen molar-refractivity contribution in [2.45, 2.75) is 51.6 Å². The van der Waals surface area contributed by atoms with Gasteiger partial charge in [-0.05, 0) is 50.3 Å². The molecule has 2 aliphatic rings. The van der Waals surface area contributed by atoms with Crippen molar-refractivity contribution in [2.75, 3.05) is 32.7 Å². The molecule has 3 amide bonds. The van der Waals surface area contributed by atoms with Crippen molar-refractivity contribution in [3.8, 4) is 0 Å². The largest absolute Gasteiger partial charge is 0.338 e. The molecule has 6 heteroatoms. The average molecular weight is 373 g/mol. The van der Waals surface area contributed by atoms with Gasteiger partial charge in [-0.2, -0.15) is 0 Å². The second-order valence-electron chi connectivity index (χ2n) is 7.68. The molecule has 0 aliphatic carbocycles. The van der Waals surface area contributed by atoms with Gasteiger partial charge in [0.15, 0.2) is 0 Å². The van der Waals surface area contributed by atoms with Gasteiger partial charge in [0, 0.05) is 32.2 Å². The van der Waals surface area contributed by atoms with Crippen LogP contribution in [0.25, 0.3) is 0 Å². The molecule has 1 unspecified atom stereocenters. The average Bonchev–Trinajstić information content (AvgIpc) is 2.70. The van der Waals surface area contributed by atoms with E-state index in [0.29, 0.717) is 25.7 Å². The van der Waals surface area contributed by atoms with Crippen molar-refractivity contribution in [1.29, 1.82) is 0 Å². The molecule has 0 bridgehead atoms. The molecule has 6 nitrogen and oxygen atoms in total. The normalized spacial score (nSPS) is 20.0. The van der Waals surface area contributed by atoms with E-state index in [1.807, 2.05) is 17.0 Å². The Kier molecular flexibility index (Phi) is 7.10. The predicted octanol–water partition coefficient (Wildman–Crippen LogP) is 2.14. The molecule has 0 spiro atoms. The van der Waals surface area contributed by atoms with Crippen molar-refractivity contribution < 1.29 is 9.59 Å². The van der Waals surface area contributed by atoms with Gasteiger partial charge in [0.1, 0.15) is 0 Å². The monoisotopic (exact) mass is 372 g/mol. The Bertz CT molecular complexity index is 649. The molecular formula is C21H32N4O2. The standard InChI is InChI=1S/C21H32N4O2/c1-17-7-4-5-12-24(17)13-6-11-22-21(27)23-15-20(26)25-14-10-18-8-2-3-9-19(18)16-25/h2-3,8-9,17H,4-7,10-16H2,1H3,(H2,22,23,27). The van der Waals surface area contributed by atoms with E-state index >= 15 is 0 Å². The number of hydrogen-bond donors (Lipinski definition) is 2. The van der Waals surface area contributed by atoms with Gasteiger partial charge in [0.25, 0.3) is 0 Å². The highest BCUT2D eigenvalue weighted by Crippen LogP contribution is 2.18. The number of hydrogen-bond acceptors (Lipinski definition) is 3. The number of benzene rings is 1. The van der Waals surface area contributed by atoms with E-state index in [1.165, 1.54) is 36.9 Å². The third kappa shape index (κ3) is 5.70. The van der Waals surface area contributed by atoms with Crippen molar-refractivity contribution in [1.82, 2.24) is 20.4 Å². The van der Waals surface area contributed by atoms with E-state index in [9.17, 15) is 9.59 Å². The number of rotatable bonds is 6. The fraction of sp³-hybridized carbons (Fsp3) is 0.619. The Balaban J connectivity index is 1.30. The number of piperidine rings is 1. The summed E-state index contributed by atoms with van der Waals surface area (Å²) in [4.78, 5) is 28.6. The summed E-state index contributed by atoms with van der Waals surface area (Å²) in [6.07, 6.45) is 5.70. The van der Waals surface area contributed by atoms with Crippen molar-refractivity contribution in [3.63, 3.8) is 0 Å². The zero-order valence-electron chi connectivity index (χ0n) is 16.4. The summed E-state index contributed by atoms with van der Waals surface area (Å²) in [5.74, 6) is -0.0261. The predicted molar refractivity (Wildman–Crippen MR) is 106 cm³/mol. The van der Waals surface area contributed by atoms with Crippen LogP contribution in [0.5, 0.6) is 0 Å². The van der Waals surface area contributed by atoms with E-state index in [1.54, 1.807) is 0 Å². The SMILES string of the molecule is CC1CCCCN1CCCNC(=O)NCC(=O)N1CCc2ccccc2C1. The first kappa shape index (κ1) is 19.7. The maximum absolute atomic E-state index is 12.4. The second-order valence-corrected chi connectivity index (χ2v) is 7.68. The molecule has 0 saturated carbocycles. The summed E-state index contributed by atoms with van der Waals surface area (Å²) in [6.45, 7) is 6.51. The molecule has 1 aromatic rings. The first-order valence-electron chi connectivity index (χ1n) is 10.2. The van der Waals surface area contributed by atoms with E-state index in [4.69, 9.17) is 0 Å². The highest BCUT2D eigenvalue weighted by Gasteiger charge is 2.20. The van der Waals surface area contributed by atoms with Crippen molar-refractivity contribution >= 4 is 11.9 Å². The molecule has 1 fully saturated rings. The topological polar surface area (TPSA) is 64.7 Å². The number of nitrogens with one attached hydrogen (secondary N) is 2. The number of likely N-dealkylation sites (tertiary alicyclic amines) is 1. The third-order valence-corrected chi connectivity index (χ3v) is 5.73. The van der Waals surface area contributed by atoms with E-state index < -0.39 is 0 Å². The molecule has 27 heavy (non-hydrogen) atoms. The highest BCUT2D eigenvalue weighted by atomic mass is 16.2. The summed E-state index contributed by atoms with van der Waals surface area (Å²) in [6, 6.07) is 8.62. The Morgan fingerprint density at radius 3 is 2.74 bits per heavy atom. The van der Waals surface area contributed by atoms with Gasteiger partial charge < -0.3 is 20.4 Å². The minimum atomic E-state index is -0.257. The van der Waals surface area contributed by atoms with Crippen LogP contribution in [0.3, 0.4) is 0 Å². The van der Waals surface area contributed by atoms with Gasteiger partial charge in [0.2, 0.25) is 5.91 Å². The van der Waals surface area contributed by atoms with Crippen molar-refractivity contribution in [3.05, 3.63) is 35.4 Å². The van der Waals surface area contributed by atoms with Crippen LogP contribution in [0.4, 0.5) is 4.79 Å².